The quantitative estimate of drug-likeness (QED) is 0.443. The first-order valence-electron chi connectivity index (χ1n) is 11.1. The molecule has 0 unspecified atom stereocenters. The average molecular weight is 564 g/mol. The highest BCUT2D eigenvalue weighted by Crippen LogP contribution is 2.35. The molecule has 0 radical (unpaired) electrons. The van der Waals surface area contributed by atoms with E-state index in [2.05, 4.69) is 5.32 Å². The molecule has 0 aromatic heterocycles. The van der Waals surface area contributed by atoms with Gasteiger partial charge in [0.25, 0.3) is 10.0 Å². The Balaban J connectivity index is 1.58. The van der Waals surface area contributed by atoms with E-state index in [4.69, 9.17) is 32.7 Å². The molecule has 12 heteroatoms. The van der Waals surface area contributed by atoms with Crippen molar-refractivity contribution in [3.8, 4) is 11.5 Å². The Morgan fingerprint density at radius 3 is 2.46 bits per heavy atom. The van der Waals surface area contributed by atoms with Crippen LogP contribution >= 0.6 is 23.2 Å². The minimum atomic E-state index is -4.18. The van der Waals surface area contributed by atoms with E-state index in [1.807, 2.05) is 4.72 Å². The number of rotatable bonds is 7. The third-order valence-corrected chi connectivity index (χ3v) is 7.94. The van der Waals surface area contributed by atoms with Crippen molar-refractivity contribution in [2.75, 3.05) is 18.7 Å². The van der Waals surface area contributed by atoms with E-state index in [9.17, 15) is 18.0 Å². The summed E-state index contributed by atoms with van der Waals surface area (Å²) in [6.07, 6.45) is 0.0163. The number of aryl methyl sites for hydroxylation is 1. The molecule has 3 amide bonds. The van der Waals surface area contributed by atoms with Crippen LogP contribution < -0.4 is 24.4 Å². The minimum absolute atomic E-state index is 0.0163. The summed E-state index contributed by atoms with van der Waals surface area (Å²) in [5.74, 6) is 0.525. The van der Waals surface area contributed by atoms with Gasteiger partial charge in [-0.05, 0) is 48.4 Å². The highest BCUT2D eigenvalue weighted by molar-refractivity contribution is 7.90. The van der Waals surface area contributed by atoms with Gasteiger partial charge in [-0.15, -0.1) is 0 Å². The van der Waals surface area contributed by atoms with Gasteiger partial charge in [0, 0.05) is 25.2 Å². The van der Waals surface area contributed by atoms with Crippen molar-refractivity contribution in [1.29, 1.82) is 0 Å². The number of hydrogen-bond donors (Lipinski definition) is 2. The van der Waals surface area contributed by atoms with E-state index in [0.717, 1.165) is 0 Å². The first-order valence-corrected chi connectivity index (χ1v) is 13.3. The summed E-state index contributed by atoms with van der Waals surface area (Å²) in [6.45, 7) is 1.69. The summed E-state index contributed by atoms with van der Waals surface area (Å²) in [7, 11) is -2.65. The summed E-state index contributed by atoms with van der Waals surface area (Å²) in [4.78, 5) is 27.6. The Morgan fingerprint density at radius 2 is 1.73 bits per heavy atom. The molecular formula is C25H23Cl2N3O6S. The van der Waals surface area contributed by atoms with Crippen LogP contribution in [0.15, 0.2) is 65.6 Å². The maximum absolute atomic E-state index is 13.5. The number of urea groups is 1. The van der Waals surface area contributed by atoms with Crippen molar-refractivity contribution < 1.29 is 27.5 Å². The van der Waals surface area contributed by atoms with Crippen LogP contribution in [0.25, 0.3) is 0 Å². The van der Waals surface area contributed by atoms with Crippen LogP contribution in [0.1, 0.15) is 11.1 Å². The third-order valence-electron chi connectivity index (χ3n) is 5.71. The molecule has 37 heavy (non-hydrogen) atoms. The van der Waals surface area contributed by atoms with Crippen LogP contribution in [-0.4, -0.2) is 40.2 Å². The summed E-state index contributed by atoms with van der Waals surface area (Å²) >= 11 is 12.1. The van der Waals surface area contributed by atoms with Crippen LogP contribution in [-0.2, 0) is 21.2 Å². The molecule has 0 saturated heterocycles. The van der Waals surface area contributed by atoms with Gasteiger partial charge in [0.05, 0.1) is 14.9 Å². The second-order valence-electron chi connectivity index (χ2n) is 8.28. The summed E-state index contributed by atoms with van der Waals surface area (Å²) in [5, 5.41) is 3.11. The topological polar surface area (TPSA) is 114 Å². The number of nitrogens with zero attached hydrogens (tertiary/aromatic N) is 1. The Kier molecular flexibility index (Phi) is 7.82. The van der Waals surface area contributed by atoms with Crippen LogP contribution in [0.5, 0.6) is 11.5 Å². The number of sulfonamides is 1. The molecule has 3 aromatic rings. The van der Waals surface area contributed by atoms with E-state index in [1.165, 1.54) is 18.0 Å². The van der Waals surface area contributed by atoms with Crippen LogP contribution in [0.3, 0.4) is 0 Å². The minimum Gasteiger partial charge on any atom is -0.454 e. The van der Waals surface area contributed by atoms with Crippen molar-refractivity contribution in [2.24, 2.45) is 0 Å². The molecule has 194 valence electrons. The molecule has 0 saturated carbocycles. The number of nitrogens with one attached hydrogen (secondary N) is 2. The first-order chi connectivity index (χ1) is 17.5. The Hall–Kier alpha value is -3.47. The molecule has 1 atom stereocenters. The predicted molar refractivity (Wildman–Crippen MR) is 140 cm³/mol. The molecule has 1 aliphatic rings. The van der Waals surface area contributed by atoms with Gasteiger partial charge in [-0.3, -0.25) is 4.79 Å². The molecule has 4 rings (SSSR count). The molecule has 0 spiro atoms. The largest absolute Gasteiger partial charge is 0.454 e. The third kappa shape index (κ3) is 6.10. The standard InChI is InChI=1S/C25H23Cl2N3O6S/c1-15-5-3-4-6-23(15)37(33,34)29-25(32)28-20(12-16-7-9-18(26)19(27)11-16)24(31)30(2)17-8-10-21-22(13-17)36-14-35-21/h3-11,13,20H,12,14H2,1-2H3,(H2,28,29,32)/t20-/m0/s1. The fraction of sp³-hybridized carbons (Fsp3) is 0.200. The highest BCUT2D eigenvalue weighted by Gasteiger charge is 2.29. The molecule has 1 heterocycles. The monoisotopic (exact) mass is 563 g/mol. The second-order valence-corrected chi connectivity index (χ2v) is 10.7. The summed E-state index contributed by atoms with van der Waals surface area (Å²) in [6, 6.07) is 13.8. The van der Waals surface area contributed by atoms with Crippen molar-refractivity contribution >= 4 is 50.9 Å². The van der Waals surface area contributed by atoms with Gasteiger partial charge in [-0.2, -0.15) is 0 Å². The van der Waals surface area contributed by atoms with Crippen molar-refractivity contribution in [3.63, 3.8) is 0 Å². The number of benzene rings is 3. The number of halogens is 2. The molecule has 0 aliphatic carbocycles. The zero-order valence-electron chi connectivity index (χ0n) is 19.8. The molecule has 0 fully saturated rings. The summed E-state index contributed by atoms with van der Waals surface area (Å²) in [5.41, 5.74) is 1.56. The molecule has 1 aliphatic heterocycles. The van der Waals surface area contributed by atoms with E-state index < -0.39 is 28.0 Å². The van der Waals surface area contributed by atoms with E-state index in [0.29, 0.717) is 33.3 Å². The van der Waals surface area contributed by atoms with Crippen LogP contribution in [0.4, 0.5) is 10.5 Å². The molecule has 3 aromatic carbocycles. The normalized spacial score (nSPS) is 13.1. The van der Waals surface area contributed by atoms with Gasteiger partial charge in [0.1, 0.15) is 6.04 Å². The van der Waals surface area contributed by atoms with Crippen LogP contribution in [0.2, 0.25) is 10.0 Å². The summed E-state index contributed by atoms with van der Waals surface area (Å²) < 4.78 is 38.3. The fourth-order valence-corrected chi connectivity index (χ4v) is 5.26. The molecule has 2 N–H and O–H groups in total. The number of ether oxygens (including phenoxy) is 2. The van der Waals surface area contributed by atoms with Crippen LogP contribution in [0, 0.1) is 6.92 Å². The maximum Gasteiger partial charge on any atom is 0.329 e. The zero-order valence-corrected chi connectivity index (χ0v) is 22.2. The molecule has 9 nitrogen and oxygen atoms in total. The lowest BCUT2D eigenvalue weighted by atomic mass is 10.0. The van der Waals surface area contributed by atoms with E-state index in [1.54, 1.807) is 61.5 Å². The van der Waals surface area contributed by atoms with Crippen molar-refractivity contribution in [2.45, 2.75) is 24.3 Å². The van der Waals surface area contributed by atoms with Crippen molar-refractivity contribution in [3.05, 3.63) is 81.8 Å². The van der Waals surface area contributed by atoms with Gasteiger partial charge < -0.3 is 19.7 Å². The lowest BCUT2D eigenvalue weighted by Gasteiger charge is -2.25. The SMILES string of the molecule is Cc1ccccc1S(=O)(=O)NC(=O)N[C@@H](Cc1ccc(Cl)c(Cl)c1)C(=O)N(C)c1ccc2c(c1)OCO2. The predicted octanol–water partition coefficient (Wildman–Crippen LogP) is 4.29. The van der Waals surface area contributed by atoms with Gasteiger partial charge in [0.15, 0.2) is 11.5 Å². The number of carbonyl (C=O) groups is 2. The lowest BCUT2D eigenvalue weighted by molar-refractivity contribution is -0.120. The lowest BCUT2D eigenvalue weighted by Crippen LogP contribution is -2.52. The van der Waals surface area contributed by atoms with Gasteiger partial charge in [0.2, 0.25) is 12.7 Å². The van der Waals surface area contributed by atoms with E-state index in [-0.39, 0.29) is 23.1 Å². The average Bonchev–Trinajstić information content (AvgIpc) is 3.33. The number of carbonyl (C=O) groups excluding carboxylic acids is 2. The smallest absolute Gasteiger partial charge is 0.329 e. The number of likely N-dealkylation sites (N-methyl/N-ethyl adjacent to an activating group) is 1. The number of hydrogen-bond acceptors (Lipinski definition) is 6. The highest BCUT2D eigenvalue weighted by atomic mass is 35.5. The first kappa shape index (κ1) is 26.6. The van der Waals surface area contributed by atoms with Gasteiger partial charge in [-0.1, -0.05) is 47.5 Å². The van der Waals surface area contributed by atoms with Crippen molar-refractivity contribution in [1.82, 2.24) is 10.0 Å². The second kappa shape index (κ2) is 10.9. The van der Waals surface area contributed by atoms with Gasteiger partial charge in [-0.25, -0.2) is 17.9 Å². The molecule has 0 bridgehead atoms. The zero-order chi connectivity index (χ0) is 26.7. The Labute approximate surface area is 224 Å². The van der Waals surface area contributed by atoms with Gasteiger partial charge >= 0.3 is 6.03 Å². The Morgan fingerprint density at radius 1 is 1.00 bits per heavy atom. The number of fused-ring (bicyclic) bond motifs is 1. The number of amides is 3. The van der Waals surface area contributed by atoms with E-state index >= 15 is 0 Å². The molecular weight excluding hydrogens is 541 g/mol. The number of anilines is 1. The maximum atomic E-state index is 13.5. The fourth-order valence-electron chi connectivity index (χ4n) is 3.78. The Bertz CT molecular complexity index is 1460.